The summed E-state index contributed by atoms with van der Waals surface area (Å²) in [7, 11) is -3.64. The number of aromatic carboxylic acids is 1. The molecule has 0 spiro atoms. The van der Waals surface area contributed by atoms with Crippen LogP contribution in [0.3, 0.4) is 0 Å². The molecule has 0 amide bonds. The third-order valence-electron chi connectivity index (χ3n) is 3.13. The van der Waals surface area contributed by atoms with E-state index in [4.69, 9.17) is 5.11 Å². The average Bonchev–Trinajstić information content (AvgIpc) is 2.94. The van der Waals surface area contributed by atoms with Crippen LogP contribution in [-0.4, -0.2) is 25.0 Å². The Labute approximate surface area is 106 Å². The molecule has 1 fully saturated rings. The SMILES string of the molecule is Cc1ccc(S(=O)(=O)NC2(C)CC2)cc1C(=O)O. The van der Waals surface area contributed by atoms with Gasteiger partial charge in [-0.3, -0.25) is 0 Å². The second-order valence-electron chi connectivity index (χ2n) is 4.95. The van der Waals surface area contributed by atoms with Gasteiger partial charge in [0.15, 0.2) is 0 Å². The number of rotatable bonds is 4. The molecule has 1 aliphatic carbocycles. The number of hydrogen-bond acceptors (Lipinski definition) is 3. The fraction of sp³-hybridized carbons (Fsp3) is 0.417. The summed E-state index contributed by atoms with van der Waals surface area (Å²) in [4.78, 5) is 11.0. The van der Waals surface area contributed by atoms with Crippen molar-refractivity contribution in [1.29, 1.82) is 0 Å². The molecule has 1 saturated carbocycles. The number of nitrogens with one attached hydrogen (secondary N) is 1. The Morgan fingerprint density at radius 1 is 1.39 bits per heavy atom. The normalized spacial score (nSPS) is 17.4. The summed E-state index contributed by atoms with van der Waals surface area (Å²) in [6, 6.07) is 4.13. The first-order valence-corrected chi connectivity index (χ1v) is 7.10. The fourth-order valence-corrected chi connectivity index (χ4v) is 3.16. The molecular weight excluding hydrogens is 254 g/mol. The maximum atomic E-state index is 12.1. The molecule has 98 valence electrons. The third-order valence-corrected chi connectivity index (χ3v) is 4.77. The maximum Gasteiger partial charge on any atom is 0.335 e. The van der Waals surface area contributed by atoms with E-state index in [0.29, 0.717) is 5.56 Å². The smallest absolute Gasteiger partial charge is 0.335 e. The standard InChI is InChI=1S/C12H15NO4S/c1-8-3-4-9(7-10(8)11(14)15)18(16,17)13-12(2)5-6-12/h3-4,7,13H,5-6H2,1-2H3,(H,14,15). The van der Waals surface area contributed by atoms with Gasteiger partial charge in [-0.05, 0) is 44.4 Å². The molecular formula is C12H15NO4S. The largest absolute Gasteiger partial charge is 0.478 e. The molecule has 5 nitrogen and oxygen atoms in total. The van der Waals surface area contributed by atoms with E-state index in [1.807, 2.05) is 6.92 Å². The Bertz CT molecular complexity index is 603. The Morgan fingerprint density at radius 2 is 2.00 bits per heavy atom. The second kappa shape index (κ2) is 4.07. The van der Waals surface area contributed by atoms with Crippen LogP contribution in [0, 0.1) is 6.92 Å². The molecule has 0 radical (unpaired) electrons. The van der Waals surface area contributed by atoms with Crippen LogP contribution in [0.1, 0.15) is 35.7 Å². The van der Waals surface area contributed by atoms with Crippen molar-refractivity contribution in [2.24, 2.45) is 0 Å². The quantitative estimate of drug-likeness (QED) is 0.868. The van der Waals surface area contributed by atoms with E-state index in [0.717, 1.165) is 12.8 Å². The van der Waals surface area contributed by atoms with Crippen molar-refractivity contribution in [3.05, 3.63) is 29.3 Å². The Morgan fingerprint density at radius 3 is 2.50 bits per heavy atom. The average molecular weight is 269 g/mol. The van der Waals surface area contributed by atoms with Gasteiger partial charge in [0.25, 0.3) is 0 Å². The number of hydrogen-bond donors (Lipinski definition) is 2. The van der Waals surface area contributed by atoms with E-state index in [-0.39, 0.29) is 16.0 Å². The number of carbonyl (C=O) groups is 1. The molecule has 6 heteroatoms. The van der Waals surface area contributed by atoms with Crippen molar-refractivity contribution in [2.45, 2.75) is 37.1 Å². The maximum absolute atomic E-state index is 12.1. The lowest BCUT2D eigenvalue weighted by Gasteiger charge is -2.13. The molecule has 0 aliphatic heterocycles. The first-order chi connectivity index (χ1) is 8.23. The summed E-state index contributed by atoms with van der Waals surface area (Å²) in [5.41, 5.74) is 0.186. The molecule has 1 aromatic carbocycles. The lowest BCUT2D eigenvalue weighted by Crippen LogP contribution is -2.34. The monoisotopic (exact) mass is 269 g/mol. The molecule has 2 rings (SSSR count). The van der Waals surface area contributed by atoms with Crippen LogP contribution in [0.25, 0.3) is 0 Å². The highest BCUT2D eigenvalue weighted by molar-refractivity contribution is 7.89. The van der Waals surface area contributed by atoms with Gasteiger partial charge in [-0.25, -0.2) is 17.9 Å². The molecule has 18 heavy (non-hydrogen) atoms. The first-order valence-electron chi connectivity index (χ1n) is 5.61. The predicted octanol–water partition coefficient (Wildman–Crippen LogP) is 1.52. The van der Waals surface area contributed by atoms with E-state index >= 15 is 0 Å². The van der Waals surface area contributed by atoms with Crippen LogP contribution in [0.2, 0.25) is 0 Å². The van der Waals surface area contributed by atoms with Crippen LogP contribution >= 0.6 is 0 Å². The van der Waals surface area contributed by atoms with Crippen LogP contribution in [0.5, 0.6) is 0 Å². The second-order valence-corrected chi connectivity index (χ2v) is 6.63. The van der Waals surface area contributed by atoms with Gasteiger partial charge in [0, 0.05) is 5.54 Å². The lowest BCUT2D eigenvalue weighted by molar-refractivity contribution is 0.0696. The van der Waals surface area contributed by atoms with Crippen LogP contribution in [-0.2, 0) is 10.0 Å². The van der Waals surface area contributed by atoms with Gasteiger partial charge in [0.1, 0.15) is 0 Å². The van der Waals surface area contributed by atoms with Gasteiger partial charge >= 0.3 is 5.97 Å². The van der Waals surface area contributed by atoms with E-state index in [2.05, 4.69) is 4.72 Å². The van der Waals surface area contributed by atoms with Gasteiger partial charge in [-0.2, -0.15) is 0 Å². The van der Waals surface area contributed by atoms with E-state index in [9.17, 15) is 13.2 Å². The zero-order valence-electron chi connectivity index (χ0n) is 10.2. The Balaban J connectivity index is 2.39. The van der Waals surface area contributed by atoms with Crippen molar-refractivity contribution in [1.82, 2.24) is 4.72 Å². The zero-order chi connectivity index (χ0) is 13.6. The predicted molar refractivity (Wildman–Crippen MR) is 66.1 cm³/mol. The number of benzene rings is 1. The Hall–Kier alpha value is -1.40. The van der Waals surface area contributed by atoms with Gasteiger partial charge < -0.3 is 5.11 Å². The summed E-state index contributed by atoms with van der Waals surface area (Å²) in [6.45, 7) is 3.46. The molecule has 1 aliphatic rings. The number of aryl methyl sites for hydroxylation is 1. The van der Waals surface area contributed by atoms with Crippen molar-refractivity contribution in [2.75, 3.05) is 0 Å². The van der Waals surface area contributed by atoms with Crippen LogP contribution in [0.4, 0.5) is 0 Å². The lowest BCUT2D eigenvalue weighted by atomic mass is 10.1. The minimum Gasteiger partial charge on any atom is -0.478 e. The fourth-order valence-electron chi connectivity index (χ4n) is 1.67. The molecule has 0 atom stereocenters. The summed E-state index contributed by atoms with van der Waals surface area (Å²) in [5, 5.41) is 8.99. The van der Waals surface area contributed by atoms with Crippen molar-refractivity contribution >= 4 is 16.0 Å². The highest BCUT2D eigenvalue weighted by Gasteiger charge is 2.41. The van der Waals surface area contributed by atoms with Crippen molar-refractivity contribution < 1.29 is 18.3 Å². The van der Waals surface area contributed by atoms with E-state index < -0.39 is 16.0 Å². The van der Waals surface area contributed by atoms with Crippen molar-refractivity contribution in [3.63, 3.8) is 0 Å². The van der Waals surface area contributed by atoms with Gasteiger partial charge in [-0.15, -0.1) is 0 Å². The van der Waals surface area contributed by atoms with Crippen LogP contribution in [0.15, 0.2) is 23.1 Å². The zero-order valence-corrected chi connectivity index (χ0v) is 11.0. The minimum atomic E-state index is -3.64. The van der Waals surface area contributed by atoms with Gasteiger partial charge in [-0.1, -0.05) is 6.07 Å². The highest BCUT2D eigenvalue weighted by atomic mass is 32.2. The van der Waals surface area contributed by atoms with Crippen LogP contribution < -0.4 is 4.72 Å². The molecule has 0 heterocycles. The van der Waals surface area contributed by atoms with Gasteiger partial charge in [0.05, 0.1) is 10.5 Å². The summed E-state index contributed by atoms with van der Waals surface area (Å²) < 4.78 is 26.7. The highest BCUT2D eigenvalue weighted by Crippen LogP contribution is 2.36. The molecule has 0 aromatic heterocycles. The number of sulfonamides is 1. The van der Waals surface area contributed by atoms with E-state index in [1.165, 1.54) is 18.2 Å². The summed E-state index contributed by atoms with van der Waals surface area (Å²) in [6.07, 6.45) is 1.62. The summed E-state index contributed by atoms with van der Waals surface area (Å²) in [5.74, 6) is -1.12. The number of carboxylic acids is 1. The molecule has 0 saturated heterocycles. The molecule has 0 bridgehead atoms. The Kier molecular flexibility index (Phi) is 2.95. The molecule has 2 N–H and O–H groups in total. The topological polar surface area (TPSA) is 83.5 Å². The van der Waals surface area contributed by atoms with Crippen molar-refractivity contribution in [3.8, 4) is 0 Å². The first kappa shape index (κ1) is 13.0. The minimum absolute atomic E-state index is 0.00127. The van der Waals surface area contributed by atoms with Gasteiger partial charge in [0.2, 0.25) is 10.0 Å². The third kappa shape index (κ3) is 2.54. The molecule has 1 aromatic rings. The summed E-state index contributed by atoms with van der Waals surface area (Å²) >= 11 is 0. The van der Waals surface area contributed by atoms with E-state index in [1.54, 1.807) is 6.92 Å². The molecule has 0 unspecified atom stereocenters. The number of carboxylic acid groups (broad SMARTS) is 1.